The second-order valence-electron chi connectivity index (χ2n) is 6.13. The number of amides is 1. The second-order valence-corrected chi connectivity index (χ2v) is 7.81. The fourth-order valence-corrected chi connectivity index (χ4v) is 3.71. The molecule has 1 aliphatic heterocycles. The number of nitrogens with one attached hydrogen (secondary N) is 2. The largest absolute Gasteiger partial charge is 0.481 e. The molecular formula is C19H21N3O4S. The molecule has 2 aromatic carbocycles. The van der Waals surface area contributed by atoms with E-state index >= 15 is 0 Å². The number of rotatable bonds is 6. The molecule has 1 heterocycles. The summed E-state index contributed by atoms with van der Waals surface area (Å²) < 4.78 is 33.0. The lowest BCUT2D eigenvalue weighted by Gasteiger charge is -2.15. The zero-order valence-electron chi connectivity index (χ0n) is 14.9. The van der Waals surface area contributed by atoms with Crippen LogP contribution in [-0.4, -0.2) is 32.8 Å². The molecule has 2 aromatic rings. The number of hydrogen-bond acceptors (Lipinski definition) is 5. The van der Waals surface area contributed by atoms with Crippen LogP contribution in [0.5, 0.6) is 5.75 Å². The quantitative estimate of drug-likeness (QED) is 0.796. The fraction of sp³-hybridized carbons (Fsp3) is 0.263. The molecule has 0 saturated heterocycles. The summed E-state index contributed by atoms with van der Waals surface area (Å²) in [6, 6.07) is 15.1. The molecule has 0 spiro atoms. The van der Waals surface area contributed by atoms with Crippen molar-refractivity contribution in [3.8, 4) is 5.75 Å². The summed E-state index contributed by atoms with van der Waals surface area (Å²) >= 11 is 0. The Morgan fingerprint density at radius 3 is 2.63 bits per heavy atom. The highest BCUT2D eigenvalue weighted by atomic mass is 32.2. The minimum absolute atomic E-state index is 0.0616. The Kier molecular flexibility index (Phi) is 5.75. The average molecular weight is 387 g/mol. The standard InChI is InChI=1S/C19H21N3O4S/c1-14(26-16-8-3-2-4-9-16)19(23)21-15-7-5-10-17(13-15)27(24,25)22-18-11-6-12-20-18/h2-5,7-10,13-14H,6,11-12H2,1H3,(H,20,22)(H,21,23)/t14-/m0/s1. The molecule has 142 valence electrons. The molecule has 2 N–H and O–H groups in total. The number of benzene rings is 2. The first kappa shape index (κ1) is 18.9. The maximum Gasteiger partial charge on any atom is 0.265 e. The third kappa shape index (κ3) is 5.07. The van der Waals surface area contributed by atoms with E-state index in [0.29, 0.717) is 30.2 Å². The van der Waals surface area contributed by atoms with E-state index < -0.39 is 16.1 Å². The second kappa shape index (κ2) is 8.22. The molecule has 0 bridgehead atoms. The van der Waals surface area contributed by atoms with Gasteiger partial charge in [0.15, 0.2) is 6.10 Å². The number of nitrogens with zero attached hydrogens (tertiary/aromatic N) is 1. The maximum atomic E-state index is 12.5. The number of para-hydroxylation sites is 1. The minimum atomic E-state index is -3.73. The maximum absolute atomic E-state index is 12.5. The van der Waals surface area contributed by atoms with Crippen LogP contribution in [-0.2, 0) is 14.8 Å². The minimum Gasteiger partial charge on any atom is -0.481 e. The number of anilines is 1. The van der Waals surface area contributed by atoms with E-state index in [0.717, 1.165) is 6.42 Å². The van der Waals surface area contributed by atoms with Crippen molar-refractivity contribution >= 4 is 27.5 Å². The van der Waals surface area contributed by atoms with Crippen molar-refractivity contribution in [1.29, 1.82) is 0 Å². The molecule has 7 nitrogen and oxygen atoms in total. The van der Waals surface area contributed by atoms with Gasteiger partial charge < -0.3 is 10.1 Å². The van der Waals surface area contributed by atoms with Crippen molar-refractivity contribution in [3.63, 3.8) is 0 Å². The Labute approximate surface area is 158 Å². The van der Waals surface area contributed by atoms with Crippen molar-refractivity contribution in [1.82, 2.24) is 4.72 Å². The van der Waals surface area contributed by atoms with Gasteiger partial charge in [-0.3, -0.25) is 14.5 Å². The van der Waals surface area contributed by atoms with Gasteiger partial charge in [-0.2, -0.15) is 0 Å². The Hall–Kier alpha value is -2.87. The van der Waals surface area contributed by atoms with Gasteiger partial charge in [-0.05, 0) is 43.7 Å². The first-order valence-electron chi connectivity index (χ1n) is 8.63. The van der Waals surface area contributed by atoms with Gasteiger partial charge in [0.05, 0.1) is 4.90 Å². The lowest BCUT2D eigenvalue weighted by atomic mass is 10.3. The van der Waals surface area contributed by atoms with Crippen molar-refractivity contribution in [2.45, 2.75) is 30.8 Å². The zero-order valence-corrected chi connectivity index (χ0v) is 15.7. The van der Waals surface area contributed by atoms with Gasteiger partial charge >= 0.3 is 0 Å². The molecule has 1 aliphatic rings. The Morgan fingerprint density at radius 1 is 1.15 bits per heavy atom. The number of carbonyl (C=O) groups excluding carboxylic acids is 1. The molecule has 0 aliphatic carbocycles. The van der Waals surface area contributed by atoms with E-state index in [1.165, 1.54) is 12.1 Å². The number of amidine groups is 1. The smallest absolute Gasteiger partial charge is 0.265 e. The van der Waals surface area contributed by atoms with E-state index in [1.54, 1.807) is 31.2 Å². The zero-order chi connectivity index (χ0) is 19.3. The van der Waals surface area contributed by atoms with Gasteiger partial charge in [0, 0.05) is 18.7 Å². The molecule has 1 atom stereocenters. The van der Waals surface area contributed by atoms with Crippen molar-refractivity contribution in [2.75, 3.05) is 11.9 Å². The number of aliphatic imine (C=N–C) groups is 1. The summed E-state index contributed by atoms with van der Waals surface area (Å²) in [5, 5.41) is 2.68. The summed E-state index contributed by atoms with van der Waals surface area (Å²) in [5.41, 5.74) is 0.375. The number of hydrogen-bond donors (Lipinski definition) is 2. The molecule has 1 amide bonds. The third-order valence-electron chi connectivity index (χ3n) is 3.96. The highest BCUT2D eigenvalue weighted by molar-refractivity contribution is 7.90. The number of ether oxygens (including phenoxy) is 1. The van der Waals surface area contributed by atoms with E-state index in [1.807, 2.05) is 18.2 Å². The lowest BCUT2D eigenvalue weighted by molar-refractivity contribution is -0.122. The molecule has 0 unspecified atom stereocenters. The fourth-order valence-electron chi connectivity index (χ4n) is 2.58. The van der Waals surface area contributed by atoms with Gasteiger partial charge in [0.1, 0.15) is 11.6 Å². The summed E-state index contributed by atoms with van der Waals surface area (Å²) in [7, 11) is -3.73. The lowest BCUT2D eigenvalue weighted by Crippen LogP contribution is -2.31. The van der Waals surface area contributed by atoms with Crippen LogP contribution in [0, 0.1) is 0 Å². The summed E-state index contributed by atoms with van der Waals surface area (Å²) in [6.07, 6.45) is 0.718. The Bertz CT molecular complexity index is 942. The predicted molar refractivity (Wildman–Crippen MR) is 103 cm³/mol. The SMILES string of the molecule is C[C@H](Oc1ccccc1)C(=O)Nc1cccc(S(=O)(=O)NC2=NCCC2)c1. The molecule has 8 heteroatoms. The summed E-state index contributed by atoms with van der Waals surface area (Å²) in [5.74, 6) is 0.675. The molecular weight excluding hydrogens is 366 g/mol. The van der Waals surface area contributed by atoms with E-state index in [2.05, 4.69) is 15.0 Å². The molecule has 27 heavy (non-hydrogen) atoms. The van der Waals surface area contributed by atoms with Crippen molar-refractivity contribution < 1.29 is 17.9 Å². The van der Waals surface area contributed by atoms with Crippen LogP contribution in [0.2, 0.25) is 0 Å². The Balaban J connectivity index is 1.67. The molecule has 0 saturated carbocycles. The van der Waals surface area contributed by atoms with E-state index in [9.17, 15) is 13.2 Å². The van der Waals surface area contributed by atoms with E-state index in [-0.39, 0.29) is 10.8 Å². The van der Waals surface area contributed by atoms with Crippen LogP contribution in [0.25, 0.3) is 0 Å². The van der Waals surface area contributed by atoms with Crippen LogP contribution >= 0.6 is 0 Å². The first-order valence-corrected chi connectivity index (χ1v) is 10.1. The number of sulfonamides is 1. The molecule has 0 aromatic heterocycles. The van der Waals surface area contributed by atoms with Crippen molar-refractivity contribution in [3.05, 3.63) is 54.6 Å². The van der Waals surface area contributed by atoms with Gasteiger partial charge in [0.2, 0.25) is 0 Å². The highest BCUT2D eigenvalue weighted by Crippen LogP contribution is 2.17. The average Bonchev–Trinajstić information content (AvgIpc) is 3.15. The van der Waals surface area contributed by atoms with Crippen LogP contribution in [0.15, 0.2) is 64.5 Å². The van der Waals surface area contributed by atoms with Gasteiger partial charge in [-0.15, -0.1) is 0 Å². The monoisotopic (exact) mass is 387 g/mol. The number of carbonyl (C=O) groups is 1. The van der Waals surface area contributed by atoms with Gasteiger partial charge in [0.25, 0.3) is 15.9 Å². The van der Waals surface area contributed by atoms with Crippen LogP contribution in [0.4, 0.5) is 5.69 Å². The Morgan fingerprint density at radius 2 is 1.93 bits per heavy atom. The van der Waals surface area contributed by atoms with Crippen LogP contribution in [0.1, 0.15) is 19.8 Å². The highest BCUT2D eigenvalue weighted by Gasteiger charge is 2.20. The first-order chi connectivity index (χ1) is 12.9. The molecule has 3 rings (SSSR count). The predicted octanol–water partition coefficient (Wildman–Crippen LogP) is 2.56. The molecule has 0 fully saturated rings. The van der Waals surface area contributed by atoms with Crippen LogP contribution < -0.4 is 14.8 Å². The topological polar surface area (TPSA) is 96.9 Å². The molecule has 0 radical (unpaired) electrons. The van der Waals surface area contributed by atoms with Gasteiger partial charge in [-0.25, -0.2) is 8.42 Å². The summed E-state index contributed by atoms with van der Waals surface area (Å²) in [4.78, 5) is 16.5. The van der Waals surface area contributed by atoms with Gasteiger partial charge in [-0.1, -0.05) is 24.3 Å². The van der Waals surface area contributed by atoms with Crippen LogP contribution in [0.3, 0.4) is 0 Å². The normalized spacial score (nSPS) is 14.9. The van der Waals surface area contributed by atoms with E-state index in [4.69, 9.17) is 4.74 Å². The van der Waals surface area contributed by atoms with Crippen molar-refractivity contribution in [2.24, 2.45) is 4.99 Å². The summed E-state index contributed by atoms with van der Waals surface area (Å²) in [6.45, 7) is 2.26. The third-order valence-corrected chi connectivity index (χ3v) is 5.34.